The molecule has 6 heteroatoms. The molecule has 1 rings (SSSR count). The smallest absolute Gasteiger partial charge is 0.303 e. The Morgan fingerprint density at radius 2 is 2.28 bits per heavy atom. The number of rotatable bonds is 7. The monoisotopic (exact) mass is 254 g/mol. The molecule has 0 aliphatic rings. The first-order valence-corrected chi connectivity index (χ1v) is 6.01. The number of aliphatic carboxylic acids is 1. The second kappa shape index (κ2) is 6.78. The lowest BCUT2D eigenvalue weighted by atomic mass is 10.1. The molecule has 1 aromatic rings. The Balaban J connectivity index is 2.42. The van der Waals surface area contributed by atoms with Crippen LogP contribution in [0.25, 0.3) is 0 Å². The quantitative estimate of drug-likeness (QED) is 0.723. The Bertz CT molecular complexity index is 414. The molecule has 1 atom stereocenters. The zero-order chi connectivity index (χ0) is 13.5. The largest absolute Gasteiger partial charge is 0.481 e. The molecule has 1 aromatic heterocycles. The fraction of sp³-hybridized carbons (Fsp3) is 0.583. The molecule has 0 radical (unpaired) electrons. The van der Waals surface area contributed by atoms with Gasteiger partial charge in [-0.15, -0.1) is 0 Å². The van der Waals surface area contributed by atoms with Crippen LogP contribution >= 0.6 is 0 Å². The van der Waals surface area contributed by atoms with E-state index in [1.807, 2.05) is 13.8 Å². The SMILES string of the molecule is CC[C@@H](C)c1cc(C(=O)NCCCC(=O)O)on1. The Hall–Kier alpha value is -1.85. The predicted molar refractivity (Wildman–Crippen MR) is 64.4 cm³/mol. The summed E-state index contributed by atoms with van der Waals surface area (Å²) >= 11 is 0. The molecule has 0 saturated heterocycles. The standard InChI is InChI=1S/C12H18N2O4/c1-3-8(2)9-7-10(18-14-9)12(17)13-6-4-5-11(15)16/h7-8H,3-6H2,1-2H3,(H,13,17)(H,15,16)/t8-/m1/s1. The van der Waals surface area contributed by atoms with Gasteiger partial charge in [0.05, 0.1) is 5.69 Å². The first-order chi connectivity index (χ1) is 8.54. The van der Waals surface area contributed by atoms with Crippen LogP contribution in [0.2, 0.25) is 0 Å². The fourth-order valence-corrected chi connectivity index (χ4v) is 1.37. The number of carbonyl (C=O) groups excluding carboxylic acids is 1. The van der Waals surface area contributed by atoms with Crippen molar-refractivity contribution in [3.63, 3.8) is 0 Å². The number of amides is 1. The minimum atomic E-state index is -0.872. The van der Waals surface area contributed by atoms with E-state index >= 15 is 0 Å². The number of hydrogen-bond acceptors (Lipinski definition) is 4. The van der Waals surface area contributed by atoms with Crippen LogP contribution in [-0.2, 0) is 4.79 Å². The summed E-state index contributed by atoms with van der Waals surface area (Å²) in [6.07, 6.45) is 1.36. The van der Waals surface area contributed by atoms with Gasteiger partial charge in [-0.2, -0.15) is 0 Å². The summed E-state index contributed by atoms with van der Waals surface area (Å²) in [4.78, 5) is 21.9. The van der Waals surface area contributed by atoms with Crippen LogP contribution in [0.5, 0.6) is 0 Å². The summed E-state index contributed by atoms with van der Waals surface area (Å²) in [5.41, 5.74) is 0.758. The van der Waals surface area contributed by atoms with Crippen molar-refractivity contribution in [1.29, 1.82) is 0 Å². The summed E-state index contributed by atoms with van der Waals surface area (Å²) in [7, 11) is 0. The van der Waals surface area contributed by atoms with Gasteiger partial charge in [-0.05, 0) is 12.8 Å². The van der Waals surface area contributed by atoms with Crippen molar-refractivity contribution in [2.45, 2.75) is 39.0 Å². The summed E-state index contributed by atoms with van der Waals surface area (Å²) in [6, 6.07) is 1.63. The maximum Gasteiger partial charge on any atom is 0.303 e. The van der Waals surface area contributed by atoms with Crippen LogP contribution in [0, 0.1) is 0 Å². The summed E-state index contributed by atoms with van der Waals surface area (Å²) < 4.78 is 4.95. The number of carboxylic acids is 1. The highest BCUT2D eigenvalue weighted by molar-refractivity contribution is 5.91. The van der Waals surface area contributed by atoms with Crippen molar-refractivity contribution < 1.29 is 19.2 Å². The average Bonchev–Trinajstić information content (AvgIpc) is 2.82. The Labute approximate surface area is 105 Å². The van der Waals surface area contributed by atoms with Gasteiger partial charge in [0, 0.05) is 24.9 Å². The first kappa shape index (κ1) is 14.2. The first-order valence-electron chi connectivity index (χ1n) is 6.01. The van der Waals surface area contributed by atoms with E-state index in [1.54, 1.807) is 6.07 Å². The molecule has 0 aliphatic carbocycles. The topological polar surface area (TPSA) is 92.4 Å². The van der Waals surface area contributed by atoms with Crippen LogP contribution in [0.15, 0.2) is 10.6 Å². The molecule has 0 bridgehead atoms. The molecule has 18 heavy (non-hydrogen) atoms. The molecule has 6 nitrogen and oxygen atoms in total. The summed E-state index contributed by atoms with van der Waals surface area (Å²) in [5, 5.41) is 14.9. The van der Waals surface area contributed by atoms with Gasteiger partial charge in [0.2, 0.25) is 5.76 Å². The Kier molecular flexibility index (Phi) is 5.35. The zero-order valence-corrected chi connectivity index (χ0v) is 10.6. The lowest BCUT2D eigenvalue weighted by Gasteiger charge is -2.01. The van der Waals surface area contributed by atoms with Gasteiger partial charge in [-0.1, -0.05) is 19.0 Å². The van der Waals surface area contributed by atoms with E-state index < -0.39 is 5.97 Å². The van der Waals surface area contributed by atoms with Crippen molar-refractivity contribution >= 4 is 11.9 Å². The van der Waals surface area contributed by atoms with Crippen molar-refractivity contribution in [3.8, 4) is 0 Å². The van der Waals surface area contributed by atoms with Crippen molar-refractivity contribution in [2.75, 3.05) is 6.54 Å². The van der Waals surface area contributed by atoms with Gasteiger partial charge in [-0.25, -0.2) is 0 Å². The molecule has 100 valence electrons. The van der Waals surface area contributed by atoms with Gasteiger partial charge in [-0.3, -0.25) is 9.59 Å². The van der Waals surface area contributed by atoms with Crippen LogP contribution in [0.3, 0.4) is 0 Å². The lowest BCUT2D eigenvalue weighted by molar-refractivity contribution is -0.137. The van der Waals surface area contributed by atoms with Gasteiger partial charge in [0.15, 0.2) is 0 Å². The highest BCUT2D eigenvalue weighted by atomic mass is 16.5. The average molecular weight is 254 g/mol. The van der Waals surface area contributed by atoms with E-state index in [9.17, 15) is 9.59 Å². The highest BCUT2D eigenvalue weighted by Crippen LogP contribution is 2.17. The van der Waals surface area contributed by atoms with E-state index in [1.165, 1.54) is 0 Å². The minimum absolute atomic E-state index is 0.0365. The molecule has 0 spiro atoms. The normalized spacial score (nSPS) is 12.1. The van der Waals surface area contributed by atoms with Crippen LogP contribution in [-0.4, -0.2) is 28.7 Å². The number of nitrogens with one attached hydrogen (secondary N) is 1. The zero-order valence-electron chi connectivity index (χ0n) is 10.6. The van der Waals surface area contributed by atoms with Crippen LogP contribution < -0.4 is 5.32 Å². The van der Waals surface area contributed by atoms with Gasteiger partial charge < -0.3 is 14.9 Å². The minimum Gasteiger partial charge on any atom is -0.481 e. The molecule has 0 fully saturated rings. The van der Waals surface area contributed by atoms with E-state index in [-0.39, 0.29) is 24.0 Å². The third-order valence-electron chi connectivity index (χ3n) is 2.72. The van der Waals surface area contributed by atoms with Crippen molar-refractivity contribution in [1.82, 2.24) is 10.5 Å². The maximum atomic E-state index is 11.6. The van der Waals surface area contributed by atoms with E-state index in [2.05, 4.69) is 10.5 Å². The van der Waals surface area contributed by atoms with Gasteiger partial charge in [0.1, 0.15) is 0 Å². The third kappa shape index (κ3) is 4.20. The van der Waals surface area contributed by atoms with E-state index in [0.717, 1.165) is 12.1 Å². The highest BCUT2D eigenvalue weighted by Gasteiger charge is 2.15. The predicted octanol–water partition coefficient (Wildman–Crippen LogP) is 1.78. The molecule has 0 unspecified atom stereocenters. The van der Waals surface area contributed by atoms with E-state index in [0.29, 0.717) is 13.0 Å². The molecule has 0 aliphatic heterocycles. The Morgan fingerprint density at radius 3 is 2.89 bits per heavy atom. The van der Waals surface area contributed by atoms with Gasteiger partial charge >= 0.3 is 5.97 Å². The third-order valence-corrected chi connectivity index (χ3v) is 2.72. The summed E-state index contributed by atoms with van der Waals surface area (Å²) in [6.45, 7) is 4.35. The number of hydrogen-bond donors (Lipinski definition) is 2. The number of nitrogens with zero attached hydrogens (tertiary/aromatic N) is 1. The number of aromatic nitrogens is 1. The number of carbonyl (C=O) groups is 2. The molecular formula is C12H18N2O4. The molecule has 1 amide bonds. The molecule has 2 N–H and O–H groups in total. The van der Waals surface area contributed by atoms with Crippen molar-refractivity contribution in [3.05, 3.63) is 17.5 Å². The van der Waals surface area contributed by atoms with E-state index in [4.69, 9.17) is 9.63 Å². The fourth-order valence-electron chi connectivity index (χ4n) is 1.37. The second-order valence-corrected chi connectivity index (χ2v) is 4.18. The Morgan fingerprint density at radius 1 is 1.56 bits per heavy atom. The van der Waals surface area contributed by atoms with Crippen LogP contribution in [0.1, 0.15) is 55.3 Å². The summed E-state index contributed by atoms with van der Waals surface area (Å²) in [5.74, 6) is -0.812. The molecular weight excluding hydrogens is 236 g/mol. The van der Waals surface area contributed by atoms with Crippen LogP contribution in [0.4, 0.5) is 0 Å². The lowest BCUT2D eigenvalue weighted by Crippen LogP contribution is -2.24. The number of carboxylic acid groups (broad SMARTS) is 1. The second-order valence-electron chi connectivity index (χ2n) is 4.18. The maximum absolute atomic E-state index is 11.6. The molecule has 0 aromatic carbocycles. The van der Waals surface area contributed by atoms with Crippen molar-refractivity contribution in [2.24, 2.45) is 0 Å². The molecule has 1 heterocycles. The van der Waals surface area contributed by atoms with Gasteiger partial charge in [0.25, 0.3) is 5.91 Å². The molecule has 0 saturated carbocycles.